The molecule has 12 heavy (non-hydrogen) atoms. The van der Waals surface area contributed by atoms with Gasteiger partial charge in [0.2, 0.25) is 0 Å². The number of hydrogen-bond acceptors (Lipinski definition) is 4. The van der Waals surface area contributed by atoms with Crippen molar-refractivity contribution in [2.24, 2.45) is 0 Å². The first-order valence-electron chi connectivity index (χ1n) is 3.31. The van der Waals surface area contributed by atoms with Gasteiger partial charge in [-0.1, -0.05) is 0 Å². The summed E-state index contributed by atoms with van der Waals surface area (Å²) in [6.07, 6.45) is 0.321. The number of hydrazine groups is 2. The van der Waals surface area contributed by atoms with E-state index >= 15 is 0 Å². The van der Waals surface area contributed by atoms with Crippen LogP contribution in [0.1, 0.15) is 13.3 Å². The number of hydrogen-bond donors (Lipinski definition) is 2. The molecular formula is C4H10N4O4. The SMILES string of the molecule is CC(CCN[N+](=O)[O-])N[N+](=O)[O-]. The van der Waals surface area contributed by atoms with Crippen LogP contribution in [0.2, 0.25) is 0 Å². The van der Waals surface area contributed by atoms with E-state index in [1.807, 2.05) is 10.9 Å². The standard InChI is InChI=1S/C4H10N4O4/c1-4(6-8(11)12)2-3-5-7(9)10/h4-6H,2-3H2,1H3. The summed E-state index contributed by atoms with van der Waals surface area (Å²) in [5.41, 5.74) is 3.89. The molecule has 1 unspecified atom stereocenters. The Kier molecular flexibility index (Phi) is 4.42. The lowest BCUT2D eigenvalue weighted by Gasteiger charge is -2.05. The number of nitrogens with zero attached hydrogens (tertiary/aromatic N) is 2. The molecular weight excluding hydrogens is 168 g/mol. The van der Waals surface area contributed by atoms with E-state index in [-0.39, 0.29) is 12.6 Å². The van der Waals surface area contributed by atoms with Crippen LogP contribution in [-0.4, -0.2) is 22.7 Å². The van der Waals surface area contributed by atoms with Gasteiger partial charge in [-0.05, 0) is 13.3 Å². The lowest BCUT2D eigenvalue weighted by molar-refractivity contribution is -0.553. The number of nitro groups is 2. The molecule has 8 nitrogen and oxygen atoms in total. The Morgan fingerprint density at radius 1 is 1.33 bits per heavy atom. The fraction of sp³-hybridized carbons (Fsp3) is 1.00. The van der Waals surface area contributed by atoms with Crippen molar-refractivity contribution < 1.29 is 10.1 Å². The van der Waals surface area contributed by atoms with E-state index in [1.165, 1.54) is 0 Å². The van der Waals surface area contributed by atoms with Crippen LogP contribution in [0.3, 0.4) is 0 Å². The van der Waals surface area contributed by atoms with Crippen LogP contribution in [0.5, 0.6) is 0 Å². The van der Waals surface area contributed by atoms with Gasteiger partial charge in [0.05, 0.1) is 12.6 Å². The van der Waals surface area contributed by atoms with E-state index in [2.05, 4.69) is 0 Å². The van der Waals surface area contributed by atoms with Crippen molar-refractivity contribution in [3.63, 3.8) is 0 Å². The van der Waals surface area contributed by atoms with Crippen LogP contribution < -0.4 is 10.9 Å². The molecule has 2 N–H and O–H groups in total. The maximum absolute atomic E-state index is 9.85. The fourth-order valence-electron chi connectivity index (χ4n) is 0.617. The highest BCUT2D eigenvalue weighted by Crippen LogP contribution is 1.87. The van der Waals surface area contributed by atoms with Gasteiger partial charge in [-0.2, -0.15) is 0 Å². The van der Waals surface area contributed by atoms with Crippen molar-refractivity contribution >= 4 is 0 Å². The van der Waals surface area contributed by atoms with E-state index < -0.39 is 10.1 Å². The highest BCUT2D eigenvalue weighted by atomic mass is 16.7. The summed E-state index contributed by atoms with van der Waals surface area (Å²) in [6, 6.07) is -0.382. The zero-order valence-electron chi connectivity index (χ0n) is 6.52. The Morgan fingerprint density at radius 2 is 1.92 bits per heavy atom. The summed E-state index contributed by atoms with van der Waals surface area (Å²) in [4.78, 5) is 19.6. The number of rotatable bonds is 6. The van der Waals surface area contributed by atoms with Gasteiger partial charge in [0, 0.05) is 0 Å². The molecule has 8 heteroatoms. The summed E-state index contributed by atoms with van der Waals surface area (Å²) in [6.45, 7) is 1.68. The molecule has 0 amide bonds. The van der Waals surface area contributed by atoms with Gasteiger partial charge in [-0.25, -0.2) is 20.2 Å². The van der Waals surface area contributed by atoms with Gasteiger partial charge in [-0.15, -0.1) is 10.9 Å². The topological polar surface area (TPSA) is 110 Å². The molecule has 0 aromatic carbocycles. The molecule has 0 aliphatic heterocycles. The first-order chi connectivity index (χ1) is 5.52. The molecule has 0 aromatic rings. The summed E-state index contributed by atoms with van der Waals surface area (Å²) < 4.78 is 0. The molecule has 1 atom stereocenters. The first kappa shape index (κ1) is 10.4. The van der Waals surface area contributed by atoms with Gasteiger partial charge in [-0.3, -0.25) is 0 Å². The molecule has 0 fully saturated rings. The summed E-state index contributed by atoms with van der Waals surface area (Å²) >= 11 is 0. The predicted molar refractivity (Wildman–Crippen MR) is 39.2 cm³/mol. The zero-order chi connectivity index (χ0) is 9.56. The van der Waals surface area contributed by atoms with E-state index in [1.54, 1.807) is 6.92 Å². The minimum Gasteiger partial charge on any atom is -0.235 e. The van der Waals surface area contributed by atoms with Crippen LogP contribution in [0.25, 0.3) is 0 Å². The fourth-order valence-corrected chi connectivity index (χ4v) is 0.617. The van der Waals surface area contributed by atoms with Gasteiger partial charge in [0.1, 0.15) is 0 Å². The van der Waals surface area contributed by atoms with Crippen LogP contribution in [0.4, 0.5) is 0 Å². The second-order valence-electron chi connectivity index (χ2n) is 2.24. The second-order valence-corrected chi connectivity index (χ2v) is 2.24. The van der Waals surface area contributed by atoms with Crippen molar-refractivity contribution in [2.75, 3.05) is 6.54 Å². The Labute approximate surface area is 68.2 Å². The van der Waals surface area contributed by atoms with Gasteiger partial charge >= 0.3 is 0 Å². The highest BCUT2D eigenvalue weighted by molar-refractivity contribution is 4.53. The lowest BCUT2D eigenvalue weighted by Crippen LogP contribution is -2.35. The third-order valence-electron chi connectivity index (χ3n) is 1.14. The molecule has 0 bridgehead atoms. The minimum absolute atomic E-state index is 0.106. The lowest BCUT2D eigenvalue weighted by atomic mass is 10.2. The second kappa shape index (κ2) is 5.10. The molecule has 0 rings (SSSR count). The van der Waals surface area contributed by atoms with Crippen LogP contribution in [0, 0.1) is 20.2 Å². The molecule has 0 radical (unpaired) electrons. The molecule has 0 aliphatic carbocycles. The summed E-state index contributed by atoms with van der Waals surface area (Å²) in [7, 11) is 0. The van der Waals surface area contributed by atoms with Gasteiger partial charge in [0.15, 0.2) is 10.1 Å². The third-order valence-corrected chi connectivity index (χ3v) is 1.14. The molecule has 0 spiro atoms. The minimum atomic E-state index is -0.682. The van der Waals surface area contributed by atoms with Crippen LogP contribution in [0.15, 0.2) is 0 Å². The molecule has 70 valence electrons. The highest BCUT2D eigenvalue weighted by Gasteiger charge is 2.07. The monoisotopic (exact) mass is 178 g/mol. The number of nitrogens with one attached hydrogen (secondary N) is 2. The quantitative estimate of drug-likeness (QED) is 0.412. The van der Waals surface area contributed by atoms with Gasteiger partial charge in [0.25, 0.3) is 0 Å². The maximum Gasteiger partial charge on any atom is 0.157 e. The van der Waals surface area contributed by atoms with E-state index in [0.717, 1.165) is 0 Å². The Morgan fingerprint density at radius 3 is 2.33 bits per heavy atom. The van der Waals surface area contributed by atoms with Crippen molar-refractivity contribution in [1.82, 2.24) is 10.9 Å². The predicted octanol–water partition coefficient (Wildman–Crippen LogP) is -0.672. The van der Waals surface area contributed by atoms with Crippen molar-refractivity contribution in [3.05, 3.63) is 20.2 Å². The average molecular weight is 178 g/mol. The Hall–Kier alpha value is -1.60. The molecule has 0 aromatic heterocycles. The smallest absolute Gasteiger partial charge is 0.157 e. The normalized spacial score (nSPS) is 11.8. The summed E-state index contributed by atoms with van der Waals surface area (Å²) in [5.74, 6) is 0. The van der Waals surface area contributed by atoms with Crippen LogP contribution >= 0.6 is 0 Å². The Balaban J connectivity index is 3.37. The first-order valence-corrected chi connectivity index (χ1v) is 3.31. The summed E-state index contributed by atoms with van der Waals surface area (Å²) in [5, 5.41) is 18.2. The maximum atomic E-state index is 9.85. The molecule has 0 saturated heterocycles. The van der Waals surface area contributed by atoms with E-state index in [0.29, 0.717) is 6.42 Å². The van der Waals surface area contributed by atoms with Gasteiger partial charge < -0.3 is 0 Å². The third kappa shape index (κ3) is 6.52. The van der Waals surface area contributed by atoms with E-state index in [4.69, 9.17) is 0 Å². The molecule has 0 saturated carbocycles. The zero-order valence-corrected chi connectivity index (χ0v) is 6.52. The van der Waals surface area contributed by atoms with Crippen LogP contribution in [-0.2, 0) is 0 Å². The van der Waals surface area contributed by atoms with Crippen molar-refractivity contribution in [2.45, 2.75) is 19.4 Å². The molecule has 0 heterocycles. The average Bonchev–Trinajstić information content (AvgIpc) is 1.84. The van der Waals surface area contributed by atoms with Crippen molar-refractivity contribution in [3.8, 4) is 0 Å². The molecule has 0 aliphatic rings. The largest absolute Gasteiger partial charge is 0.235 e. The van der Waals surface area contributed by atoms with E-state index in [9.17, 15) is 20.2 Å². The van der Waals surface area contributed by atoms with Crippen molar-refractivity contribution in [1.29, 1.82) is 0 Å². The Bertz CT molecular complexity index is 172.